The van der Waals surface area contributed by atoms with Gasteiger partial charge in [-0.3, -0.25) is 0 Å². The predicted molar refractivity (Wildman–Crippen MR) is 75.0 cm³/mol. The molecule has 4 heteroatoms. The van der Waals surface area contributed by atoms with Gasteiger partial charge in [0.05, 0.1) is 6.04 Å². The normalized spacial score (nSPS) is 18.8. The van der Waals surface area contributed by atoms with Crippen molar-refractivity contribution >= 4 is 28.2 Å². The Morgan fingerprint density at radius 1 is 1.35 bits per heavy atom. The highest BCUT2D eigenvalue weighted by Gasteiger charge is 2.20. The van der Waals surface area contributed by atoms with E-state index in [1.165, 1.54) is 27.5 Å². The minimum atomic E-state index is 0.415. The summed E-state index contributed by atoms with van der Waals surface area (Å²) in [7, 11) is 0. The van der Waals surface area contributed by atoms with Crippen LogP contribution in [0.4, 0.5) is 5.13 Å². The number of thioether (sulfide) groups is 1. The zero-order valence-electron chi connectivity index (χ0n) is 9.64. The number of anilines is 1. The first-order valence-electron chi connectivity index (χ1n) is 5.73. The van der Waals surface area contributed by atoms with Gasteiger partial charge in [-0.1, -0.05) is 18.2 Å². The van der Waals surface area contributed by atoms with Gasteiger partial charge in [-0.25, -0.2) is 4.98 Å². The van der Waals surface area contributed by atoms with Crippen molar-refractivity contribution in [3.8, 4) is 0 Å². The maximum absolute atomic E-state index is 4.38. The lowest BCUT2D eigenvalue weighted by Gasteiger charge is -2.25. The van der Waals surface area contributed by atoms with Crippen LogP contribution in [-0.2, 0) is 0 Å². The highest BCUT2D eigenvalue weighted by molar-refractivity contribution is 7.99. The molecule has 2 nitrogen and oxygen atoms in total. The molecule has 1 aliphatic heterocycles. The van der Waals surface area contributed by atoms with E-state index in [1.807, 2.05) is 18.0 Å². The standard InChI is InChI=1S/C13H14N2S2/c1-9-8-14-13(17-9)15-11-6-7-16-12-5-3-2-4-10(11)12/h2-5,8,11H,6-7H2,1H3,(H,14,15). The summed E-state index contributed by atoms with van der Waals surface area (Å²) in [5.74, 6) is 1.18. The Kier molecular flexibility index (Phi) is 3.07. The van der Waals surface area contributed by atoms with Crippen LogP contribution >= 0.6 is 23.1 Å². The number of hydrogen-bond acceptors (Lipinski definition) is 4. The number of benzene rings is 1. The van der Waals surface area contributed by atoms with Gasteiger partial charge in [0.15, 0.2) is 5.13 Å². The van der Waals surface area contributed by atoms with Crippen LogP contribution in [0.15, 0.2) is 35.4 Å². The average Bonchev–Trinajstić information content (AvgIpc) is 2.75. The van der Waals surface area contributed by atoms with E-state index in [9.17, 15) is 0 Å². The van der Waals surface area contributed by atoms with Crippen molar-refractivity contribution in [2.45, 2.75) is 24.3 Å². The lowest BCUT2D eigenvalue weighted by atomic mass is 10.0. The van der Waals surface area contributed by atoms with Crippen molar-refractivity contribution in [3.63, 3.8) is 0 Å². The van der Waals surface area contributed by atoms with Crippen LogP contribution in [0, 0.1) is 6.92 Å². The molecule has 88 valence electrons. The number of nitrogens with one attached hydrogen (secondary N) is 1. The molecule has 0 fully saturated rings. The fraction of sp³-hybridized carbons (Fsp3) is 0.308. The average molecular weight is 262 g/mol. The molecule has 0 saturated carbocycles. The smallest absolute Gasteiger partial charge is 0.183 e. The van der Waals surface area contributed by atoms with Gasteiger partial charge >= 0.3 is 0 Å². The summed E-state index contributed by atoms with van der Waals surface area (Å²) in [6.07, 6.45) is 3.09. The van der Waals surface area contributed by atoms with E-state index in [0.717, 1.165) is 5.13 Å². The Bertz CT molecular complexity index is 522. The Morgan fingerprint density at radius 2 is 2.24 bits per heavy atom. The summed E-state index contributed by atoms with van der Waals surface area (Å²) in [4.78, 5) is 7.05. The maximum Gasteiger partial charge on any atom is 0.183 e. The largest absolute Gasteiger partial charge is 0.355 e. The van der Waals surface area contributed by atoms with Gasteiger partial charge in [0.25, 0.3) is 0 Å². The molecule has 17 heavy (non-hydrogen) atoms. The molecule has 1 aromatic carbocycles. The van der Waals surface area contributed by atoms with Crippen LogP contribution in [-0.4, -0.2) is 10.7 Å². The molecule has 0 amide bonds. The Balaban J connectivity index is 1.85. The molecule has 1 aliphatic rings. The Morgan fingerprint density at radius 3 is 3.06 bits per heavy atom. The number of rotatable bonds is 2. The first-order chi connectivity index (χ1) is 8.33. The fourth-order valence-electron chi connectivity index (χ4n) is 2.06. The number of thiazole rings is 1. The second kappa shape index (κ2) is 4.70. The third-order valence-corrected chi connectivity index (χ3v) is 4.84. The molecule has 0 saturated heterocycles. The molecule has 2 aromatic rings. The van der Waals surface area contributed by atoms with Crippen molar-refractivity contribution in [3.05, 3.63) is 40.9 Å². The quantitative estimate of drug-likeness (QED) is 0.882. The molecular weight excluding hydrogens is 248 g/mol. The van der Waals surface area contributed by atoms with Crippen molar-refractivity contribution in [2.75, 3.05) is 11.1 Å². The second-order valence-electron chi connectivity index (χ2n) is 4.15. The van der Waals surface area contributed by atoms with Crippen LogP contribution in [0.5, 0.6) is 0 Å². The minimum absolute atomic E-state index is 0.415. The monoisotopic (exact) mass is 262 g/mol. The highest BCUT2D eigenvalue weighted by Crippen LogP contribution is 2.38. The molecule has 0 aliphatic carbocycles. The minimum Gasteiger partial charge on any atom is -0.355 e. The molecule has 1 unspecified atom stereocenters. The third-order valence-electron chi connectivity index (χ3n) is 2.88. The first-order valence-corrected chi connectivity index (χ1v) is 7.54. The zero-order valence-corrected chi connectivity index (χ0v) is 11.3. The topological polar surface area (TPSA) is 24.9 Å². The van der Waals surface area contributed by atoms with E-state index in [4.69, 9.17) is 0 Å². The van der Waals surface area contributed by atoms with Crippen LogP contribution in [0.25, 0.3) is 0 Å². The van der Waals surface area contributed by atoms with E-state index < -0.39 is 0 Å². The van der Waals surface area contributed by atoms with Crippen LogP contribution in [0.1, 0.15) is 22.9 Å². The van der Waals surface area contributed by atoms with Gasteiger partial charge < -0.3 is 5.32 Å². The van der Waals surface area contributed by atoms with E-state index in [0.29, 0.717) is 6.04 Å². The first kappa shape index (κ1) is 11.1. The molecular formula is C13H14N2S2. The van der Waals surface area contributed by atoms with E-state index >= 15 is 0 Å². The number of hydrogen-bond donors (Lipinski definition) is 1. The third kappa shape index (κ3) is 2.33. The van der Waals surface area contributed by atoms with Gasteiger partial charge in [-0.15, -0.1) is 23.1 Å². The van der Waals surface area contributed by atoms with Gasteiger partial charge in [0.2, 0.25) is 0 Å². The van der Waals surface area contributed by atoms with Crippen molar-refractivity contribution in [1.82, 2.24) is 4.98 Å². The summed E-state index contributed by atoms with van der Waals surface area (Å²) in [5, 5.41) is 4.59. The lowest BCUT2D eigenvalue weighted by Crippen LogP contribution is -2.15. The summed E-state index contributed by atoms with van der Waals surface area (Å²) in [6.45, 7) is 2.09. The van der Waals surface area contributed by atoms with Crippen molar-refractivity contribution in [2.24, 2.45) is 0 Å². The fourth-order valence-corrected chi connectivity index (χ4v) is 3.90. The van der Waals surface area contributed by atoms with E-state index in [2.05, 4.69) is 41.5 Å². The number of aryl methyl sites for hydroxylation is 1. The highest BCUT2D eigenvalue weighted by atomic mass is 32.2. The molecule has 1 aromatic heterocycles. The van der Waals surface area contributed by atoms with Gasteiger partial charge in [0.1, 0.15) is 0 Å². The van der Waals surface area contributed by atoms with Gasteiger partial charge in [-0.2, -0.15) is 0 Å². The maximum atomic E-state index is 4.38. The van der Waals surface area contributed by atoms with Gasteiger partial charge in [0, 0.05) is 21.7 Å². The molecule has 0 spiro atoms. The van der Waals surface area contributed by atoms with Crippen molar-refractivity contribution in [1.29, 1.82) is 0 Å². The molecule has 1 N–H and O–H groups in total. The van der Waals surface area contributed by atoms with E-state index in [1.54, 1.807) is 11.3 Å². The van der Waals surface area contributed by atoms with Crippen LogP contribution in [0.2, 0.25) is 0 Å². The number of nitrogens with zero attached hydrogens (tertiary/aromatic N) is 1. The van der Waals surface area contributed by atoms with E-state index in [-0.39, 0.29) is 0 Å². The molecule has 1 atom stereocenters. The molecule has 2 heterocycles. The van der Waals surface area contributed by atoms with Crippen LogP contribution in [0.3, 0.4) is 0 Å². The Hall–Kier alpha value is -1.00. The summed E-state index contributed by atoms with van der Waals surface area (Å²) >= 11 is 3.68. The molecule has 0 bridgehead atoms. The summed E-state index contributed by atoms with van der Waals surface area (Å²) in [6, 6.07) is 9.08. The van der Waals surface area contributed by atoms with Crippen LogP contribution < -0.4 is 5.32 Å². The van der Waals surface area contributed by atoms with Gasteiger partial charge in [-0.05, 0) is 25.0 Å². The summed E-state index contributed by atoms with van der Waals surface area (Å²) < 4.78 is 0. The predicted octanol–water partition coefficient (Wildman–Crippen LogP) is 4.10. The summed E-state index contributed by atoms with van der Waals surface area (Å²) in [5.41, 5.74) is 1.41. The molecule has 0 radical (unpaired) electrons. The zero-order chi connectivity index (χ0) is 11.7. The van der Waals surface area contributed by atoms with Crippen molar-refractivity contribution < 1.29 is 0 Å². The second-order valence-corrected chi connectivity index (χ2v) is 6.52. The number of aromatic nitrogens is 1. The Labute approximate surface area is 109 Å². The lowest BCUT2D eigenvalue weighted by molar-refractivity contribution is 0.727. The number of fused-ring (bicyclic) bond motifs is 1. The SMILES string of the molecule is Cc1cnc(NC2CCSc3ccccc32)s1. The molecule has 3 rings (SSSR count).